The fourth-order valence-electron chi connectivity index (χ4n) is 1.08. The average molecular weight is 253 g/mol. The fourth-order valence-corrected chi connectivity index (χ4v) is 2.03. The van der Waals surface area contributed by atoms with Crippen LogP contribution in [0.15, 0.2) is 5.16 Å². The molecule has 7 heteroatoms. The first-order chi connectivity index (χ1) is 8.06. The van der Waals surface area contributed by atoms with Crippen LogP contribution in [-0.2, 0) is 4.79 Å². The Bertz CT molecular complexity index is 423. The minimum atomic E-state index is -0.285. The van der Waals surface area contributed by atoms with Gasteiger partial charge >= 0.3 is 0 Å². The predicted octanol–water partition coefficient (Wildman–Crippen LogP) is 0.484. The van der Waals surface area contributed by atoms with Crippen molar-refractivity contribution in [1.29, 1.82) is 0 Å². The zero-order valence-corrected chi connectivity index (χ0v) is 10.9. The number of nitrogens with zero attached hydrogens (tertiary/aromatic N) is 4. The van der Waals surface area contributed by atoms with Crippen molar-refractivity contribution in [3.8, 4) is 12.3 Å². The zero-order chi connectivity index (χ0) is 12.8. The highest BCUT2D eigenvalue weighted by Crippen LogP contribution is 2.22. The second kappa shape index (κ2) is 6.25. The van der Waals surface area contributed by atoms with Gasteiger partial charge in [0.1, 0.15) is 0 Å². The van der Waals surface area contributed by atoms with Crippen molar-refractivity contribution in [2.24, 2.45) is 0 Å². The third kappa shape index (κ3) is 3.75. The standard InChI is InChI=1S/C10H15N5OS/c1-5-6-11-9(16)8(4)17-10-12-13-14-15(10)7(2)3/h1,7-8H,6H2,2-4H3,(H,11,16). The molecule has 1 amide bonds. The molecule has 0 aromatic carbocycles. The number of nitrogens with one attached hydrogen (secondary N) is 1. The number of tetrazole rings is 1. The summed E-state index contributed by atoms with van der Waals surface area (Å²) in [6.07, 6.45) is 5.07. The molecule has 0 spiro atoms. The van der Waals surface area contributed by atoms with Gasteiger partial charge < -0.3 is 5.32 Å². The van der Waals surface area contributed by atoms with Crippen molar-refractivity contribution in [1.82, 2.24) is 25.5 Å². The molecular weight excluding hydrogens is 238 g/mol. The molecule has 0 saturated heterocycles. The summed E-state index contributed by atoms with van der Waals surface area (Å²) in [7, 11) is 0. The van der Waals surface area contributed by atoms with Crippen molar-refractivity contribution in [2.45, 2.75) is 37.2 Å². The van der Waals surface area contributed by atoms with Gasteiger partial charge in [-0.2, -0.15) is 0 Å². The van der Waals surface area contributed by atoms with Gasteiger partial charge in [0, 0.05) is 0 Å². The zero-order valence-electron chi connectivity index (χ0n) is 10.0. The Morgan fingerprint density at radius 1 is 1.59 bits per heavy atom. The van der Waals surface area contributed by atoms with Crippen LogP contribution in [0.4, 0.5) is 0 Å². The second-order valence-corrected chi connectivity index (χ2v) is 4.99. The minimum Gasteiger partial charge on any atom is -0.344 e. The van der Waals surface area contributed by atoms with E-state index in [-0.39, 0.29) is 23.7 Å². The predicted molar refractivity (Wildman–Crippen MR) is 65.4 cm³/mol. The molecule has 0 aliphatic heterocycles. The van der Waals surface area contributed by atoms with Crippen LogP contribution in [-0.4, -0.2) is 37.9 Å². The number of rotatable bonds is 5. The lowest BCUT2D eigenvalue weighted by molar-refractivity contribution is -0.120. The van der Waals surface area contributed by atoms with Crippen molar-refractivity contribution >= 4 is 17.7 Å². The molecule has 0 bridgehead atoms. The molecule has 1 rings (SSSR count). The molecule has 1 unspecified atom stereocenters. The Hall–Kier alpha value is -1.55. The summed E-state index contributed by atoms with van der Waals surface area (Å²) in [4.78, 5) is 11.6. The molecule has 1 aromatic rings. The lowest BCUT2D eigenvalue weighted by Crippen LogP contribution is -2.31. The molecule has 1 atom stereocenters. The van der Waals surface area contributed by atoms with E-state index in [4.69, 9.17) is 6.42 Å². The van der Waals surface area contributed by atoms with Gasteiger partial charge in [0.25, 0.3) is 0 Å². The van der Waals surface area contributed by atoms with E-state index >= 15 is 0 Å². The molecule has 1 N–H and O–H groups in total. The molecule has 0 fully saturated rings. The van der Waals surface area contributed by atoms with Gasteiger partial charge in [-0.3, -0.25) is 4.79 Å². The number of hydrogen-bond acceptors (Lipinski definition) is 5. The van der Waals surface area contributed by atoms with Crippen molar-refractivity contribution < 1.29 is 4.79 Å². The van der Waals surface area contributed by atoms with E-state index in [9.17, 15) is 4.79 Å². The number of terminal acetylenes is 1. The Balaban J connectivity index is 2.62. The Kier molecular flexibility index (Phi) is 4.97. The number of thioether (sulfide) groups is 1. The van der Waals surface area contributed by atoms with Gasteiger partial charge in [0.2, 0.25) is 11.1 Å². The first-order valence-corrected chi connectivity index (χ1v) is 6.10. The third-order valence-corrected chi connectivity index (χ3v) is 3.02. The maximum absolute atomic E-state index is 11.6. The van der Waals surface area contributed by atoms with E-state index < -0.39 is 0 Å². The summed E-state index contributed by atoms with van der Waals surface area (Å²) in [5.41, 5.74) is 0. The summed E-state index contributed by atoms with van der Waals surface area (Å²) >= 11 is 1.31. The monoisotopic (exact) mass is 253 g/mol. The van der Waals surface area contributed by atoms with Gasteiger partial charge in [0.05, 0.1) is 17.8 Å². The molecular formula is C10H15N5OS. The van der Waals surface area contributed by atoms with Crippen LogP contribution in [0.5, 0.6) is 0 Å². The highest BCUT2D eigenvalue weighted by molar-refractivity contribution is 8.00. The maximum atomic E-state index is 11.6. The SMILES string of the molecule is C#CCNC(=O)C(C)Sc1nnnn1C(C)C. The highest BCUT2D eigenvalue weighted by atomic mass is 32.2. The fraction of sp³-hybridized carbons (Fsp3) is 0.600. The average Bonchev–Trinajstić information content (AvgIpc) is 2.73. The molecule has 0 saturated carbocycles. The van der Waals surface area contributed by atoms with E-state index in [0.29, 0.717) is 5.16 Å². The molecule has 0 radical (unpaired) electrons. The normalized spacial score (nSPS) is 12.2. The summed E-state index contributed by atoms with van der Waals surface area (Å²) in [5, 5.41) is 14.3. The van der Waals surface area contributed by atoms with Crippen LogP contribution in [0.1, 0.15) is 26.8 Å². The van der Waals surface area contributed by atoms with Gasteiger partial charge in [-0.1, -0.05) is 17.7 Å². The van der Waals surface area contributed by atoms with Gasteiger partial charge in [-0.25, -0.2) is 4.68 Å². The largest absolute Gasteiger partial charge is 0.344 e. The van der Waals surface area contributed by atoms with E-state index in [2.05, 4.69) is 26.8 Å². The number of amides is 1. The second-order valence-electron chi connectivity index (χ2n) is 3.68. The van der Waals surface area contributed by atoms with Crippen molar-refractivity contribution in [3.05, 3.63) is 0 Å². The molecule has 0 aliphatic rings. The van der Waals surface area contributed by atoms with E-state index in [1.807, 2.05) is 13.8 Å². The van der Waals surface area contributed by atoms with Gasteiger partial charge in [0.15, 0.2) is 0 Å². The third-order valence-electron chi connectivity index (χ3n) is 1.97. The summed E-state index contributed by atoms with van der Waals surface area (Å²) in [6, 6.07) is 0.161. The number of hydrogen-bond donors (Lipinski definition) is 1. The summed E-state index contributed by atoms with van der Waals surface area (Å²) in [5.74, 6) is 2.24. The van der Waals surface area contributed by atoms with Gasteiger partial charge in [-0.05, 0) is 31.2 Å². The quantitative estimate of drug-likeness (QED) is 0.610. The minimum absolute atomic E-state index is 0.119. The summed E-state index contributed by atoms with van der Waals surface area (Å²) in [6.45, 7) is 5.97. The smallest absolute Gasteiger partial charge is 0.234 e. The van der Waals surface area contributed by atoms with Gasteiger partial charge in [-0.15, -0.1) is 11.5 Å². The van der Waals surface area contributed by atoms with E-state index in [0.717, 1.165) is 0 Å². The van der Waals surface area contributed by atoms with Crippen molar-refractivity contribution in [2.75, 3.05) is 6.54 Å². The molecule has 0 aliphatic carbocycles. The molecule has 1 aromatic heterocycles. The Morgan fingerprint density at radius 3 is 2.88 bits per heavy atom. The lowest BCUT2D eigenvalue weighted by atomic mass is 10.4. The van der Waals surface area contributed by atoms with Crippen LogP contribution in [0, 0.1) is 12.3 Å². The van der Waals surface area contributed by atoms with Crippen LogP contribution >= 0.6 is 11.8 Å². The van der Waals surface area contributed by atoms with Crippen LogP contribution in [0.2, 0.25) is 0 Å². The lowest BCUT2D eigenvalue weighted by Gasteiger charge is -2.11. The van der Waals surface area contributed by atoms with Crippen molar-refractivity contribution in [3.63, 3.8) is 0 Å². The number of carbonyl (C=O) groups is 1. The van der Waals surface area contributed by atoms with E-state index in [1.165, 1.54) is 11.8 Å². The van der Waals surface area contributed by atoms with E-state index in [1.54, 1.807) is 11.6 Å². The maximum Gasteiger partial charge on any atom is 0.234 e. The molecule has 6 nitrogen and oxygen atoms in total. The molecule has 92 valence electrons. The Labute approximate surface area is 105 Å². The first-order valence-electron chi connectivity index (χ1n) is 5.22. The topological polar surface area (TPSA) is 72.7 Å². The molecule has 17 heavy (non-hydrogen) atoms. The van der Waals surface area contributed by atoms with Crippen LogP contribution in [0.3, 0.4) is 0 Å². The van der Waals surface area contributed by atoms with Crippen LogP contribution < -0.4 is 5.32 Å². The highest BCUT2D eigenvalue weighted by Gasteiger charge is 2.18. The first kappa shape index (κ1) is 13.5. The van der Waals surface area contributed by atoms with Crippen LogP contribution in [0.25, 0.3) is 0 Å². The molecule has 1 heterocycles. The summed E-state index contributed by atoms with van der Waals surface area (Å²) < 4.78 is 1.68. The number of carbonyl (C=O) groups excluding carboxylic acids is 1. The Morgan fingerprint density at radius 2 is 2.29 bits per heavy atom. The number of aromatic nitrogens is 4.